The fourth-order valence-electron chi connectivity index (χ4n) is 4.16. The summed E-state index contributed by atoms with van der Waals surface area (Å²) in [5, 5.41) is 5.03. The van der Waals surface area contributed by atoms with Gasteiger partial charge in [0.25, 0.3) is 17.7 Å². The highest BCUT2D eigenvalue weighted by Crippen LogP contribution is 2.32. The molecule has 0 aliphatic heterocycles. The predicted octanol–water partition coefficient (Wildman–Crippen LogP) is 3.62. The number of rotatable bonds is 8. The van der Waals surface area contributed by atoms with Crippen molar-refractivity contribution in [2.24, 2.45) is 5.73 Å². The summed E-state index contributed by atoms with van der Waals surface area (Å²) in [6.07, 6.45) is 5.07. The Morgan fingerprint density at radius 2 is 2.00 bits per heavy atom. The van der Waals surface area contributed by atoms with Gasteiger partial charge in [-0.15, -0.1) is 11.3 Å². The van der Waals surface area contributed by atoms with E-state index in [1.54, 1.807) is 19.1 Å². The Bertz CT molecular complexity index is 1160. The summed E-state index contributed by atoms with van der Waals surface area (Å²) in [5.41, 5.74) is 11.2. The number of hydrogen-bond donors (Lipinski definition) is 3. The number of nitrogens with zero attached hydrogens (tertiary/aromatic N) is 2. The summed E-state index contributed by atoms with van der Waals surface area (Å²) < 4.78 is 9.81. The van der Waals surface area contributed by atoms with Gasteiger partial charge in [-0.2, -0.15) is 4.37 Å². The molecule has 5 N–H and O–H groups in total. The average Bonchev–Trinajstić information content (AvgIpc) is 3.55. The number of nitrogens with two attached hydrogens (primary N) is 2. The van der Waals surface area contributed by atoms with Gasteiger partial charge >= 0.3 is 0 Å². The Balaban J connectivity index is 1.73. The van der Waals surface area contributed by atoms with Crippen LogP contribution >= 0.6 is 22.9 Å². The van der Waals surface area contributed by atoms with Crippen molar-refractivity contribution >= 4 is 46.3 Å². The first-order chi connectivity index (χ1) is 16.3. The second kappa shape index (κ2) is 10.4. The van der Waals surface area contributed by atoms with E-state index in [1.807, 2.05) is 17.5 Å². The molecule has 11 heteroatoms. The molecule has 0 bridgehead atoms. The van der Waals surface area contributed by atoms with Crippen molar-refractivity contribution in [3.63, 3.8) is 0 Å². The Morgan fingerprint density at radius 1 is 1.24 bits per heavy atom. The van der Waals surface area contributed by atoms with Crippen molar-refractivity contribution in [1.82, 2.24) is 14.6 Å². The molecule has 3 amide bonds. The van der Waals surface area contributed by atoms with E-state index < -0.39 is 17.9 Å². The molecule has 1 aliphatic carbocycles. The monoisotopic (exact) mass is 501 g/mol. The van der Waals surface area contributed by atoms with Gasteiger partial charge < -0.3 is 26.1 Å². The van der Waals surface area contributed by atoms with Gasteiger partial charge in [0.05, 0.1) is 12.2 Å². The molecule has 1 unspecified atom stereocenters. The van der Waals surface area contributed by atoms with Gasteiger partial charge in [0, 0.05) is 10.9 Å². The van der Waals surface area contributed by atoms with Crippen LogP contribution in [0.2, 0.25) is 0 Å². The number of hydrogen-bond acceptors (Lipinski definition) is 8. The second-order valence-electron chi connectivity index (χ2n) is 8.35. The van der Waals surface area contributed by atoms with E-state index in [0.29, 0.717) is 11.5 Å². The van der Waals surface area contributed by atoms with Crippen molar-refractivity contribution in [1.29, 1.82) is 0 Å². The first kappa shape index (κ1) is 24.0. The topological polar surface area (TPSA) is 145 Å². The smallest absolute Gasteiger partial charge is 0.270 e. The number of carbonyl (C=O) groups is 3. The lowest BCUT2D eigenvalue weighted by Crippen LogP contribution is -2.46. The lowest BCUT2D eigenvalue weighted by Gasteiger charge is -2.31. The van der Waals surface area contributed by atoms with Crippen molar-refractivity contribution in [2.45, 2.75) is 57.7 Å². The molecule has 3 heterocycles. The number of aromatic nitrogens is 1. The summed E-state index contributed by atoms with van der Waals surface area (Å²) in [7, 11) is 0. The Morgan fingerprint density at radius 3 is 2.59 bits per heavy atom. The number of primary amides is 1. The summed E-state index contributed by atoms with van der Waals surface area (Å²) >= 11 is 2.26. The molecule has 34 heavy (non-hydrogen) atoms. The number of aryl methyl sites for hydroxylation is 1. The largest absolute Gasteiger partial charge is 0.464 e. The van der Waals surface area contributed by atoms with Crippen molar-refractivity contribution < 1.29 is 18.8 Å². The quantitative estimate of drug-likeness (QED) is 0.430. The summed E-state index contributed by atoms with van der Waals surface area (Å²) in [6, 6.07) is 6.26. The molecule has 1 atom stereocenters. The fraction of sp³-hybridized carbons (Fsp3) is 0.391. The zero-order valence-corrected chi connectivity index (χ0v) is 20.4. The van der Waals surface area contributed by atoms with Crippen LogP contribution in [-0.4, -0.2) is 33.0 Å². The number of anilines is 1. The minimum absolute atomic E-state index is 0.0495. The summed E-state index contributed by atoms with van der Waals surface area (Å²) in [6.45, 7) is 1.94. The van der Waals surface area contributed by atoms with Gasteiger partial charge in [-0.05, 0) is 54.9 Å². The highest BCUT2D eigenvalue weighted by molar-refractivity contribution is 7.10. The van der Waals surface area contributed by atoms with Gasteiger partial charge in [0.1, 0.15) is 16.4 Å². The Hall–Kier alpha value is -3.18. The molecule has 3 aromatic heterocycles. The number of furan rings is 1. The highest BCUT2D eigenvalue weighted by atomic mass is 32.1. The molecule has 180 valence electrons. The third-order valence-electron chi connectivity index (χ3n) is 5.86. The Kier molecular flexibility index (Phi) is 7.32. The van der Waals surface area contributed by atoms with Crippen molar-refractivity contribution in [2.75, 3.05) is 5.73 Å². The zero-order chi connectivity index (χ0) is 24.2. The fourth-order valence-corrected chi connectivity index (χ4v) is 5.63. The minimum atomic E-state index is -1.02. The maximum Gasteiger partial charge on any atom is 0.270 e. The van der Waals surface area contributed by atoms with E-state index in [4.69, 9.17) is 15.9 Å². The normalized spacial score (nSPS) is 15.1. The summed E-state index contributed by atoms with van der Waals surface area (Å²) in [5.74, 6) is -0.666. The van der Waals surface area contributed by atoms with E-state index in [0.717, 1.165) is 48.5 Å². The van der Waals surface area contributed by atoms with Crippen LogP contribution in [0.3, 0.4) is 0 Å². The lowest BCUT2D eigenvalue weighted by atomic mass is 9.95. The van der Waals surface area contributed by atoms with E-state index in [2.05, 4.69) is 9.69 Å². The van der Waals surface area contributed by atoms with E-state index in [9.17, 15) is 14.4 Å². The number of nitrogen functional groups attached to an aromatic ring is 1. The van der Waals surface area contributed by atoms with E-state index in [1.165, 1.54) is 16.2 Å². The first-order valence-electron chi connectivity index (χ1n) is 11.1. The molecule has 4 rings (SSSR count). The third kappa shape index (κ3) is 5.15. The van der Waals surface area contributed by atoms with Gasteiger partial charge in [0.2, 0.25) is 0 Å². The molecule has 0 spiro atoms. The minimum Gasteiger partial charge on any atom is -0.464 e. The van der Waals surface area contributed by atoms with Crippen molar-refractivity contribution in [3.05, 3.63) is 56.6 Å². The molecule has 9 nitrogen and oxygen atoms in total. The molecular formula is C23H27N5O4S2. The second-order valence-corrected chi connectivity index (χ2v) is 10.2. The van der Waals surface area contributed by atoms with Crippen LogP contribution in [0.25, 0.3) is 0 Å². The third-order valence-corrected chi connectivity index (χ3v) is 7.58. The van der Waals surface area contributed by atoms with Crippen LogP contribution in [0.15, 0.2) is 34.1 Å². The highest BCUT2D eigenvalue weighted by Gasteiger charge is 2.37. The predicted molar refractivity (Wildman–Crippen MR) is 130 cm³/mol. The molecule has 3 aromatic rings. The number of amides is 3. The van der Waals surface area contributed by atoms with Gasteiger partial charge in [-0.3, -0.25) is 14.4 Å². The standard InChI is InChI=1S/C23H27N5O4S2/c1-13-9-10-16(32-13)19(22(30)26-14-6-3-2-4-7-14)28(12-15-8-5-11-33-15)23(31)20-17(24)18(21(25)29)27-34-20/h5,8-11,14,19H,2-4,6-7,12,24H2,1H3,(H2,25,29)(H,26,30). The van der Waals surface area contributed by atoms with Crippen LogP contribution in [0.5, 0.6) is 0 Å². The van der Waals surface area contributed by atoms with Crippen LogP contribution in [-0.2, 0) is 11.3 Å². The Labute approximate surface area is 205 Å². The molecule has 1 aliphatic rings. The van der Waals surface area contributed by atoms with Crippen LogP contribution < -0.4 is 16.8 Å². The molecule has 0 radical (unpaired) electrons. The van der Waals surface area contributed by atoms with E-state index >= 15 is 0 Å². The SMILES string of the molecule is Cc1ccc(C(C(=O)NC2CCCCC2)N(Cc2cccs2)C(=O)c2snc(C(N)=O)c2N)o1. The number of carbonyl (C=O) groups excluding carboxylic acids is 3. The maximum absolute atomic E-state index is 13.8. The van der Waals surface area contributed by atoms with E-state index in [-0.39, 0.29) is 34.8 Å². The summed E-state index contributed by atoms with van der Waals surface area (Å²) in [4.78, 5) is 41.5. The zero-order valence-electron chi connectivity index (χ0n) is 18.8. The van der Waals surface area contributed by atoms with Crippen LogP contribution in [0.1, 0.15) is 74.7 Å². The molecule has 0 aromatic carbocycles. The van der Waals surface area contributed by atoms with Crippen molar-refractivity contribution in [3.8, 4) is 0 Å². The van der Waals surface area contributed by atoms with Crippen LogP contribution in [0.4, 0.5) is 5.69 Å². The van der Waals surface area contributed by atoms with Crippen LogP contribution in [0, 0.1) is 6.92 Å². The molecule has 0 saturated heterocycles. The first-order valence-corrected chi connectivity index (χ1v) is 12.8. The van der Waals surface area contributed by atoms with Gasteiger partial charge in [-0.25, -0.2) is 0 Å². The number of nitrogens with one attached hydrogen (secondary N) is 1. The molecule has 1 fully saturated rings. The number of thiophene rings is 1. The van der Waals surface area contributed by atoms with Gasteiger partial charge in [0.15, 0.2) is 11.7 Å². The van der Waals surface area contributed by atoms with Gasteiger partial charge in [-0.1, -0.05) is 25.3 Å². The molecule has 1 saturated carbocycles. The average molecular weight is 502 g/mol. The maximum atomic E-state index is 13.8. The molecular weight excluding hydrogens is 474 g/mol. The lowest BCUT2D eigenvalue weighted by molar-refractivity contribution is -0.127.